The summed E-state index contributed by atoms with van der Waals surface area (Å²) in [7, 11) is 1.63. The van der Waals surface area contributed by atoms with Gasteiger partial charge in [-0.25, -0.2) is 9.97 Å². The quantitative estimate of drug-likeness (QED) is 0.882. The Kier molecular flexibility index (Phi) is 4.98. The summed E-state index contributed by atoms with van der Waals surface area (Å²) in [5.74, 6) is 2.28. The fourth-order valence-electron chi connectivity index (χ4n) is 2.10. The summed E-state index contributed by atoms with van der Waals surface area (Å²) in [5, 5.41) is 0. The van der Waals surface area contributed by atoms with Crippen molar-refractivity contribution in [2.45, 2.75) is 33.1 Å². The van der Waals surface area contributed by atoms with Crippen molar-refractivity contribution in [2.24, 2.45) is 0 Å². The predicted octanol–water partition coefficient (Wildman–Crippen LogP) is 3.37. The normalized spacial score (nSPS) is 10.4. The van der Waals surface area contributed by atoms with Crippen molar-refractivity contribution in [2.75, 3.05) is 12.8 Å². The smallest absolute Gasteiger partial charge is 0.227 e. The number of rotatable bonds is 6. The topological polar surface area (TPSA) is 70.3 Å². The van der Waals surface area contributed by atoms with E-state index in [9.17, 15) is 0 Å². The molecule has 0 aliphatic carbocycles. The van der Waals surface area contributed by atoms with E-state index >= 15 is 0 Å². The Morgan fingerprint density at radius 3 is 2.62 bits per heavy atom. The molecule has 1 heterocycles. The van der Waals surface area contributed by atoms with Crippen LogP contribution in [0, 0.1) is 0 Å². The summed E-state index contributed by atoms with van der Waals surface area (Å²) in [6, 6.07) is 5.88. The maximum Gasteiger partial charge on any atom is 0.227 e. The lowest BCUT2D eigenvalue weighted by Crippen LogP contribution is -2.03. The highest BCUT2D eigenvalue weighted by Crippen LogP contribution is 2.34. The third-order valence-corrected chi connectivity index (χ3v) is 3.28. The molecule has 21 heavy (non-hydrogen) atoms. The summed E-state index contributed by atoms with van der Waals surface area (Å²) >= 11 is 0. The van der Waals surface area contributed by atoms with Gasteiger partial charge >= 0.3 is 0 Å². The Labute approximate surface area is 125 Å². The summed E-state index contributed by atoms with van der Waals surface area (Å²) in [6.45, 7) is 4.17. The summed E-state index contributed by atoms with van der Waals surface area (Å²) in [6.07, 6.45) is 4.08. The summed E-state index contributed by atoms with van der Waals surface area (Å²) in [4.78, 5) is 8.23. The lowest BCUT2D eigenvalue weighted by atomic mass is 10.1. The Morgan fingerprint density at radius 1 is 1.14 bits per heavy atom. The largest absolute Gasteiger partial charge is 0.493 e. The van der Waals surface area contributed by atoms with Crippen LogP contribution in [0.1, 0.15) is 31.4 Å². The zero-order valence-corrected chi connectivity index (χ0v) is 12.7. The Balaban J connectivity index is 2.36. The third-order valence-electron chi connectivity index (χ3n) is 3.28. The minimum atomic E-state index is 0.464. The number of hydrogen-bond acceptors (Lipinski definition) is 5. The molecule has 0 aliphatic rings. The van der Waals surface area contributed by atoms with Crippen LogP contribution in [-0.2, 0) is 12.8 Å². The minimum absolute atomic E-state index is 0.464. The van der Waals surface area contributed by atoms with Gasteiger partial charge in [-0.1, -0.05) is 26.3 Å². The van der Waals surface area contributed by atoms with E-state index in [4.69, 9.17) is 15.2 Å². The van der Waals surface area contributed by atoms with Crippen LogP contribution in [0.25, 0.3) is 0 Å². The van der Waals surface area contributed by atoms with Crippen molar-refractivity contribution in [3.63, 3.8) is 0 Å². The van der Waals surface area contributed by atoms with E-state index in [1.54, 1.807) is 7.11 Å². The van der Waals surface area contributed by atoms with Gasteiger partial charge in [-0.15, -0.1) is 0 Å². The molecule has 0 atom stereocenters. The molecule has 0 amide bonds. The molecule has 2 N–H and O–H groups in total. The third kappa shape index (κ3) is 3.42. The second-order valence-electron chi connectivity index (χ2n) is 4.73. The number of anilines is 1. The number of benzene rings is 1. The van der Waals surface area contributed by atoms with Gasteiger partial charge in [-0.05, 0) is 30.5 Å². The molecule has 2 rings (SSSR count). The molecule has 0 spiro atoms. The van der Waals surface area contributed by atoms with Gasteiger partial charge < -0.3 is 15.2 Å². The van der Waals surface area contributed by atoms with Crippen molar-refractivity contribution in [1.29, 1.82) is 0 Å². The van der Waals surface area contributed by atoms with Crippen LogP contribution in [-0.4, -0.2) is 17.1 Å². The monoisotopic (exact) mass is 287 g/mol. The molecular formula is C16H21N3O2. The molecule has 0 unspecified atom stereocenters. The van der Waals surface area contributed by atoms with Crippen molar-refractivity contribution >= 4 is 5.82 Å². The Morgan fingerprint density at radius 2 is 1.95 bits per heavy atom. The second-order valence-corrected chi connectivity index (χ2v) is 4.73. The van der Waals surface area contributed by atoms with Crippen molar-refractivity contribution in [3.05, 3.63) is 35.7 Å². The van der Waals surface area contributed by atoms with Crippen molar-refractivity contribution < 1.29 is 9.47 Å². The van der Waals surface area contributed by atoms with Gasteiger partial charge in [0.1, 0.15) is 12.1 Å². The first-order chi connectivity index (χ1) is 10.2. The molecule has 1 aromatic heterocycles. The number of hydrogen-bond donors (Lipinski definition) is 1. The van der Waals surface area contributed by atoms with E-state index < -0.39 is 0 Å². The SMILES string of the molecule is CCCc1c(N)ncnc1Oc1ccc(CC)cc1OC. The number of nitrogens with zero attached hydrogens (tertiary/aromatic N) is 2. The van der Waals surface area contributed by atoms with Gasteiger partial charge in [0.05, 0.1) is 12.7 Å². The van der Waals surface area contributed by atoms with Crippen molar-refractivity contribution in [1.82, 2.24) is 9.97 Å². The fourth-order valence-corrected chi connectivity index (χ4v) is 2.10. The molecule has 0 aliphatic heterocycles. The predicted molar refractivity (Wildman–Crippen MR) is 82.9 cm³/mol. The highest BCUT2D eigenvalue weighted by Gasteiger charge is 2.13. The Hall–Kier alpha value is -2.30. The van der Waals surface area contributed by atoms with Crippen LogP contribution < -0.4 is 15.2 Å². The maximum atomic E-state index is 5.91. The number of methoxy groups -OCH3 is 1. The molecule has 0 saturated heterocycles. The van der Waals surface area contributed by atoms with E-state index in [0.717, 1.165) is 24.8 Å². The van der Waals surface area contributed by atoms with Gasteiger partial charge in [-0.3, -0.25) is 0 Å². The first-order valence-corrected chi connectivity index (χ1v) is 7.13. The summed E-state index contributed by atoms with van der Waals surface area (Å²) < 4.78 is 11.3. The number of aromatic nitrogens is 2. The molecule has 112 valence electrons. The van der Waals surface area contributed by atoms with E-state index in [1.165, 1.54) is 11.9 Å². The number of nitrogen functional groups attached to an aromatic ring is 1. The number of nitrogens with two attached hydrogens (primary N) is 1. The average molecular weight is 287 g/mol. The number of aryl methyl sites for hydroxylation is 1. The van der Waals surface area contributed by atoms with Crippen LogP contribution in [0.5, 0.6) is 17.4 Å². The maximum absolute atomic E-state index is 5.91. The highest BCUT2D eigenvalue weighted by atomic mass is 16.5. The number of ether oxygens (including phenoxy) is 2. The van der Waals surface area contributed by atoms with Crippen molar-refractivity contribution in [3.8, 4) is 17.4 Å². The lowest BCUT2D eigenvalue weighted by Gasteiger charge is -2.14. The molecular weight excluding hydrogens is 266 g/mol. The molecule has 5 heteroatoms. The van der Waals surface area contributed by atoms with Crippen LogP contribution in [0.15, 0.2) is 24.5 Å². The molecule has 1 aromatic carbocycles. The summed E-state index contributed by atoms with van der Waals surface area (Å²) in [5.41, 5.74) is 7.94. The second kappa shape index (κ2) is 6.92. The van der Waals surface area contributed by atoms with Crippen LogP contribution in [0.3, 0.4) is 0 Å². The van der Waals surface area contributed by atoms with Crippen LogP contribution in [0.4, 0.5) is 5.82 Å². The lowest BCUT2D eigenvalue weighted by molar-refractivity contribution is 0.371. The van der Waals surface area contributed by atoms with E-state index in [2.05, 4.69) is 23.8 Å². The van der Waals surface area contributed by atoms with Gasteiger partial charge in [0.15, 0.2) is 11.5 Å². The first-order valence-electron chi connectivity index (χ1n) is 7.13. The van der Waals surface area contributed by atoms with E-state index in [-0.39, 0.29) is 0 Å². The molecule has 2 aromatic rings. The van der Waals surface area contributed by atoms with Crippen LogP contribution in [0.2, 0.25) is 0 Å². The Bertz CT molecular complexity index is 614. The van der Waals surface area contributed by atoms with Gasteiger partial charge in [-0.2, -0.15) is 0 Å². The van der Waals surface area contributed by atoms with Gasteiger partial charge in [0, 0.05) is 0 Å². The van der Waals surface area contributed by atoms with Crippen LogP contribution >= 0.6 is 0 Å². The zero-order chi connectivity index (χ0) is 15.2. The van der Waals surface area contributed by atoms with Gasteiger partial charge in [0.2, 0.25) is 5.88 Å². The molecule has 0 bridgehead atoms. The standard InChI is InChI=1S/C16H21N3O2/c1-4-6-12-15(17)18-10-19-16(12)21-13-8-7-11(5-2)9-14(13)20-3/h7-10H,4-6H2,1-3H3,(H2,17,18,19). The average Bonchev–Trinajstić information content (AvgIpc) is 2.51. The van der Waals surface area contributed by atoms with Gasteiger partial charge in [0.25, 0.3) is 0 Å². The molecule has 0 fully saturated rings. The fraction of sp³-hybridized carbons (Fsp3) is 0.375. The molecule has 0 radical (unpaired) electrons. The molecule has 5 nitrogen and oxygen atoms in total. The van der Waals surface area contributed by atoms with E-state index in [0.29, 0.717) is 23.2 Å². The zero-order valence-electron chi connectivity index (χ0n) is 12.7. The minimum Gasteiger partial charge on any atom is -0.493 e. The molecule has 0 saturated carbocycles. The highest BCUT2D eigenvalue weighted by molar-refractivity contribution is 5.49. The first kappa shape index (κ1) is 15.1. The van der Waals surface area contributed by atoms with E-state index in [1.807, 2.05) is 18.2 Å².